The fourth-order valence-electron chi connectivity index (χ4n) is 2.81. The number of amides is 1. The lowest BCUT2D eigenvalue weighted by atomic mass is 10.1. The maximum absolute atomic E-state index is 12.5. The quantitative estimate of drug-likeness (QED) is 0.588. The van der Waals surface area contributed by atoms with Gasteiger partial charge in [-0.3, -0.25) is 14.2 Å². The van der Waals surface area contributed by atoms with Crippen LogP contribution < -0.4 is 5.32 Å². The van der Waals surface area contributed by atoms with Gasteiger partial charge in [0.2, 0.25) is 5.91 Å². The van der Waals surface area contributed by atoms with Gasteiger partial charge in [0.1, 0.15) is 0 Å². The summed E-state index contributed by atoms with van der Waals surface area (Å²) >= 11 is 18.6. The van der Waals surface area contributed by atoms with Crippen LogP contribution in [0.2, 0.25) is 15.1 Å². The van der Waals surface area contributed by atoms with Gasteiger partial charge in [-0.15, -0.1) is 0 Å². The molecule has 0 fully saturated rings. The van der Waals surface area contributed by atoms with Crippen LogP contribution in [0.3, 0.4) is 0 Å². The first-order chi connectivity index (χ1) is 13.3. The molecule has 3 aromatic rings. The molecule has 1 N–H and O–H groups in total. The molecule has 1 atom stereocenters. The van der Waals surface area contributed by atoms with Crippen LogP contribution in [0, 0.1) is 19.8 Å². The van der Waals surface area contributed by atoms with Crippen LogP contribution in [0.4, 0.5) is 5.82 Å². The number of anilines is 1. The first-order valence-electron chi connectivity index (χ1n) is 8.73. The van der Waals surface area contributed by atoms with Crippen molar-refractivity contribution in [3.05, 3.63) is 62.5 Å². The molecule has 0 radical (unpaired) electrons. The average Bonchev–Trinajstić information content (AvgIpc) is 3.18. The highest BCUT2D eigenvalue weighted by Gasteiger charge is 2.18. The lowest BCUT2D eigenvalue weighted by Gasteiger charge is -2.12. The number of nitrogens with one attached hydrogen (secondary N) is 1. The Morgan fingerprint density at radius 2 is 1.82 bits per heavy atom. The van der Waals surface area contributed by atoms with Crippen LogP contribution in [0.1, 0.15) is 23.9 Å². The number of aryl methyl sites for hydroxylation is 1. The molecule has 1 unspecified atom stereocenters. The minimum Gasteiger partial charge on any atom is -0.309 e. The van der Waals surface area contributed by atoms with Gasteiger partial charge in [0.05, 0.1) is 35.4 Å². The molecular weight excluding hydrogens is 421 g/mol. The maximum atomic E-state index is 12.5. The van der Waals surface area contributed by atoms with Crippen LogP contribution in [-0.4, -0.2) is 25.5 Å². The first-order valence-corrected chi connectivity index (χ1v) is 9.86. The van der Waals surface area contributed by atoms with E-state index in [1.807, 2.05) is 20.8 Å². The molecule has 0 aliphatic rings. The molecule has 1 aromatic carbocycles. The molecule has 2 heterocycles. The molecule has 0 aliphatic heterocycles. The third-order valence-electron chi connectivity index (χ3n) is 4.46. The molecule has 148 valence electrons. The van der Waals surface area contributed by atoms with Gasteiger partial charge < -0.3 is 5.32 Å². The summed E-state index contributed by atoms with van der Waals surface area (Å²) in [5.41, 5.74) is 2.38. The van der Waals surface area contributed by atoms with Crippen molar-refractivity contribution in [2.45, 2.75) is 33.9 Å². The molecule has 0 bridgehead atoms. The predicted molar refractivity (Wildman–Crippen MR) is 112 cm³/mol. The Kier molecular flexibility index (Phi) is 6.33. The zero-order chi connectivity index (χ0) is 20.4. The Morgan fingerprint density at radius 3 is 2.43 bits per heavy atom. The molecule has 0 spiro atoms. The lowest BCUT2D eigenvalue weighted by molar-refractivity contribution is -0.119. The van der Waals surface area contributed by atoms with E-state index in [1.165, 1.54) is 0 Å². The highest BCUT2D eigenvalue weighted by atomic mass is 35.5. The number of carbonyl (C=O) groups excluding carboxylic acids is 1. The predicted octanol–water partition coefficient (Wildman–Crippen LogP) is 4.98. The van der Waals surface area contributed by atoms with Crippen LogP contribution in [0.5, 0.6) is 0 Å². The lowest BCUT2D eigenvalue weighted by Crippen LogP contribution is -2.25. The minimum atomic E-state index is -0.308. The van der Waals surface area contributed by atoms with E-state index in [1.54, 1.807) is 39.8 Å². The van der Waals surface area contributed by atoms with Gasteiger partial charge in [-0.05, 0) is 26.0 Å². The Balaban J connectivity index is 1.64. The number of hydrogen-bond donors (Lipinski definition) is 1. The molecule has 6 nitrogen and oxygen atoms in total. The highest BCUT2D eigenvalue weighted by Crippen LogP contribution is 2.25. The maximum Gasteiger partial charge on any atom is 0.230 e. The fourth-order valence-corrected chi connectivity index (χ4v) is 3.46. The zero-order valence-electron chi connectivity index (χ0n) is 15.7. The van der Waals surface area contributed by atoms with E-state index in [-0.39, 0.29) is 11.8 Å². The summed E-state index contributed by atoms with van der Waals surface area (Å²) in [6, 6.07) is 7.08. The number of aromatic nitrogens is 4. The van der Waals surface area contributed by atoms with Gasteiger partial charge in [0, 0.05) is 27.9 Å². The largest absolute Gasteiger partial charge is 0.309 e. The molecule has 0 aliphatic carbocycles. The topological polar surface area (TPSA) is 64.7 Å². The van der Waals surface area contributed by atoms with Gasteiger partial charge in [0.15, 0.2) is 5.82 Å². The Labute approximate surface area is 178 Å². The molecular formula is C19H20Cl3N5O. The molecule has 0 saturated carbocycles. The van der Waals surface area contributed by atoms with Crippen molar-refractivity contribution in [1.82, 2.24) is 19.6 Å². The molecule has 9 heteroatoms. The molecule has 3 rings (SSSR count). The van der Waals surface area contributed by atoms with Gasteiger partial charge in [0.25, 0.3) is 0 Å². The second kappa shape index (κ2) is 8.55. The van der Waals surface area contributed by atoms with Crippen molar-refractivity contribution in [2.24, 2.45) is 5.92 Å². The van der Waals surface area contributed by atoms with E-state index < -0.39 is 0 Å². The molecule has 28 heavy (non-hydrogen) atoms. The monoisotopic (exact) mass is 439 g/mol. The van der Waals surface area contributed by atoms with Crippen molar-refractivity contribution in [3.63, 3.8) is 0 Å². The van der Waals surface area contributed by atoms with E-state index >= 15 is 0 Å². The highest BCUT2D eigenvalue weighted by molar-refractivity contribution is 6.36. The van der Waals surface area contributed by atoms with Gasteiger partial charge in [-0.25, -0.2) is 0 Å². The third-order valence-corrected chi connectivity index (χ3v) is 5.72. The summed E-state index contributed by atoms with van der Waals surface area (Å²) in [6.45, 7) is 6.40. The number of hydrogen-bond acceptors (Lipinski definition) is 3. The Hall–Kier alpha value is -2.02. The third kappa shape index (κ3) is 4.51. The fraction of sp³-hybridized carbons (Fsp3) is 0.316. The van der Waals surface area contributed by atoms with E-state index in [0.717, 1.165) is 17.0 Å². The van der Waals surface area contributed by atoms with Crippen molar-refractivity contribution >= 4 is 46.5 Å². The van der Waals surface area contributed by atoms with E-state index in [0.29, 0.717) is 34.0 Å². The zero-order valence-corrected chi connectivity index (χ0v) is 18.0. The van der Waals surface area contributed by atoms with Crippen molar-refractivity contribution in [3.8, 4) is 0 Å². The van der Waals surface area contributed by atoms with Crippen molar-refractivity contribution in [2.75, 3.05) is 5.32 Å². The summed E-state index contributed by atoms with van der Waals surface area (Å²) < 4.78 is 3.42. The normalized spacial score (nSPS) is 12.2. The molecule has 0 saturated heterocycles. The van der Waals surface area contributed by atoms with Crippen LogP contribution in [-0.2, 0) is 17.9 Å². The average molecular weight is 441 g/mol. The van der Waals surface area contributed by atoms with Crippen molar-refractivity contribution < 1.29 is 4.79 Å². The smallest absolute Gasteiger partial charge is 0.230 e. The number of nitrogens with zero attached hydrogens (tertiary/aromatic N) is 4. The molecule has 2 aromatic heterocycles. The van der Waals surface area contributed by atoms with E-state index in [4.69, 9.17) is 34.8 Å². The SMILES string of the molecule is Cc1nn(CC(C)C(=O)Nc2ccn(Cc3c(Cl)cccc3Cl)n2)c(C)c1Cl. The van der Waals surface area contributed by atoms with Gasteiger partial charge in [-0.1, -0.05) is 47.8 Å². The second-order valence-electron chi connectivity index (χ2n) is 6.66. The summed E-state index contributed by atoms with van der Waals surface area (Å²) in [4.78, 5) is 12.5. The Morgan fingerprint density at radius 1 is 1.14 bits per heavy atom. The van der Waals surface area contributed by atoms with Gasteiger partial charge >= 0.3 is 0 Å². The summed E-state index contributed by atoms with van der Waals surface area (Å²) in [6.07, 6.45) is 1.76. The van der Waals surface area contributed by atoms with E-state index in [9.17, 15) is 4.79 Å². The van der Waals surface area contributed by atoms with Crippen LogP contribution in [0.25, 0.3) is 0 Å². The van der Waals surface area contributed by atoms with E-state index in [2.05, 4.69) is 15.5 Å². The Bertz CT molecular complexity index is 991. The summed E-state index contributed by atoms with van der Waals surface area (Å²) in [7, 11) is 0. The minimum absolute atomic E-state index is 0.148. The number of carbonyl (C=O) groups is 1. The van der Waals surface area contributed by atoms with Gasteiger partial charge in [-0.2, -0.15) is 10.2 Å². The standard InChI is InChI=1S/C19H20Cl3N5O/c1-11(9-27-13(3)18(22)12(2)24-27)19(28)23-17-7-8-26(25-17)10-14-15(20)5-4-6-16(14)21/h4-8,11H,9-10H2,1-3H3,(H,23,25,28). The van der Waals surface area contributed by atoms with Crippen molar-refractivity contribution in [1.29, 1.82) is 0 Å². The van der Waals surface area contributed by atoms with Crippen LogP contribution in [0.15, 0.2) is 30.5 Å². The second-order valence-corrected chi connectivity index (χ2v) is 7.85. The van der Waals surface area contributed by atoms with Crippen LogP contribution >= 0.6 is 34.8 Å². The number of benzene rings is 1. The molecule has 1 amide bonds. The first kappa shape index (κ1) is 20.7. The summed E-state index contributed by atoms with van der Waals surface area (Å²) in [5, 5.41) is 13.3. The number of rotatable bonds is 6. The summed E-state index contributed by atoms with van der Waals surface area (Å²) in [5.74, 6) is 0.00774. The number of halogens is 3.